The maximum atomic E-state index is 13.0. The first-order chi connectivity index (χ1) is 15.2. The van der Waals surface area contributed by atoms with E-state index in [1.807, 2.05) is 0 Å². The lowest BCUT2D eigenvalue weighted by atomic mass is 10.1. The minimum Gasteiger partial charge on any atom is -0.457 e. The summed E-state index contributed by atoms with van der Waals surface area (Å²) >= 11 is 0. The smallest absolute Gasteiger partial charge is 0.416 e. The van der Waals surface area contributed by atoms with E-state index in [2.05, 4.69) is 15.6 Å². The van der Waals surface area contributed by atoms with Gasteiger partial charge in [-0.2, -0.15) is 13.2 Å². The number of halogens is 3. The summed E-state index contributed by atoms with van der Waals surface area (Å²) in [6.45, 7) is 1.36. The Morgan fingerprint density at radius 1 is 1.00 bits per heavy atom. The Morgan fingerprint density at radius 3 is 2.38 bits per heavy atom. The Labute approximate surface area is 182 Å². The van der Waals surface area contributed by atoms with E-state index in [-0.39, 0.29) is 29.3 Å². The standard InChI is InChI=1S/C23H20F3N3O3/c1-14-3-6-16(12-19(14)23(24,25)26)29-21(30)11-15-4-7-17(8-5-15)32-18-9-10-28-20(13-18)22(31)27-2/h3-10,12-13H,11H2,1-2H3,(H,27,31)(H,29,30). The Hall–Kier alpha value is -3.88. The third-order valence-electron chi connectivity index (χ3n) is 4.54. The average Bonchev–Trinajstić information content (AvgIpc) is 2.75. The van der Waals surface area contributed by atoms with Crippen molar-refractivity contribution < 1.29 is 27.5 Å². The van der Waals surface area contributed by atoms with Crippen LogP contribution in [0.2, 0.25) is 0 Å². The summed E-state index contributed by atoms with van der Waals surface area (Å²) in [5, 5.41) is 4.97. The number of nitrogens with zero attached hydrogens (tertiary/aromatic N) is 1. The molecule has 2 N–H and O–H groups in total. The first kappa shape index (κ1) is 22.8. The molecule has 0 radical (unpaired) electrons. The van der Waals surface area contributed by atoms with Crippen LogP contribution in [0.3, 0.4) is 0 Å². The van der Waals surface area contributed by atoms with Crippen LogP contribution in [0.25, 0.3) is 0 Å². The lowest BCUT2D eigenvalue weighted by Gasteiger charge is -2.13. The van der Waals surface area contributed by atoms with E-state index in [4.69, 9.17) is 4.74 Å². The highest BCUT2D eigenvalue weighted by atomic mass is 19.4. The molecule has 6 nitrogen and oxygen atoms in total. The molecule has 0 unspecified atom stereocenters. The van der Waals surface area contributed by atoms with Gasteiger partial charge in [0.15, 0.2) is 0 Å². The van der Waals surface area contributed by atoms with Gasteiger partial charge in [-0.05, 0) is 48.4 Å². The molecule has 1 aromatic heterocycles. The van der Waals surface area contributed by atoms with Gasteiger partial charge in [-0.1, -0.05) is 18.2 Å². The molecule has 3 aromatic rings. The molecule has 0 spiro atoms. The summed E-state index contributed by atoms with van der Waals surface area (Å²) in [5.74, 6) is 0.119. The van der Waals surface area contributed by atoms with Crippen molar-refractivity contribution in [2.75, 3.05) is 12.4 Å². The van der Waals surface area contributed by atoms with E-state index in [1.54, 1.807) is 30.3 Å². The van der Waals surface area contributed by atoms with E-state index in [0.29, 0.717) is 17.1 Å². The van der Waals surface area contributed by atoms with Gasteiger partial charge in [-0.25, -0.2) is 0 Å². The van der Waals surface area contributed by atoms with Crippen LogP contribution in [0.15, 0.2) is 60.8 Å². The molecule has 166 valence electrons. The normalized spacial score (nSPS) is 11.0. The quantitative estimate of drug-likeness (QED) is 0.577. The highest BCUT2D eigenvalue weighted by Gasteiger charge is 2.32. The largest absolute Gasteiger partial charge is 0.457 e. The first-order valence-corrected chi connectivity index (χ1v) is 9.58. The number of hydrogen-bond donors (Lipinski definition) is 2. The molecule has 0 aliphatic rings. The first-order valence-electron chi connectivity index (χ1n) is 9.58. The van der Waals surface area contributed by atoms with Crippen LogP contribution < -0.4 is 15.4 Å². The number of benzene rings is 2. The van der Waals surface area contributed by atoms with Crippen molar-refractivity contribution in [3.63, 3.8) is 0 Å². The molecule has 0 saturated carbocycles. The second-order valence-corrected chi connectivity index (χ2v) is 6.95. The molecule has 0 aliphatic heterocycles. The van der Waals surface area contributed by atoms with Gasteiger partial charge in [-0.15, -0.1) is 0 Å². The zero-order valence-electron chi connectivity index (χ0n) is 17.3. The van der Waals surface area contributed by atoms with Gasteiger partial charge in [0.05, 0.1) is 12.0 Å². The van der Waals surface area contributed by atoms with Crippen LogP contribution in [0, 0.1) is 6.92 Å². The molecular weight excluding hydrogens is 423 g/mol. The molecular formula is C23H20F3N3O3. The third-order valence-corrected chi connectivity index (χ3v) is 4.54. The number of aryl methyl sites for hydroxylation is 1. The van der Waals surface area contributed by atoms with Gasteiger partial charge in [0, 0.05) is 25.0 Å². The second kappa shape index (κ2) is 9.51. The number of carbonyl (C=O) groups is 2. The van der Waals surface area contributed by atoms with Crippen LogP contribution in [-0.2, 0) is 17.4 Å². The van der Waals surface area contributed by atoms with Gasteiger partial charge in [0.2, 0.25) is 5.91 Å². The fourth-order valence-electron chi connectivity index (χ4n) is 2.93. The number of alkyl halides is 3. The van der Waals surface area contributed by atoms with Gasteiger partial charge in [0.25, 0.3) is 5.91 Å². The lowest BCUT2D eigenvalue weighted by Crippen LogP contribution is -2.18. The molecule has 0 fully saturated rings. The van der Waals surface area contributed by atoms with Crippen molar-refractivity contribution in [3.05, 3.63) is 83.2 Å². The van der Waals surface area contributed by atoms with Crippen molar-refractivity contribution in [1.82, 2.24) is 10.3 Å². The number of pyridine rings is 1. The number of anilines is 1. The number of nitrogens with one attached hydrogen (secondary N) is 2. The van der Waals surface area contributed by atoms with Crippen LogP contribution in [0.4, 0.5) is 18.9 Å². The fraction of sp³-hybridized carbons (Fsp3) is 0.174. The molecule has 2 aromatic carbocycles. The number of amides is 2. The molecule has 3 rings (SSSR count). The van der Waals surface area contributed by atoms with Crippen LogP contribution in [0.5, 0.6) is 11.5 Å². The lowest BCUT2D eigenvalue weighted by molar-refractivity contribution is -0.138. The van der Waals surface area contributed by atoms with Crippen molar-refractivity contribution in [2.45, 2.75) is 19.5 Å². The third kappa shape index (κ3) is 5.84. The monoisotopic (exact) mass is 443 g/mol. The van der Waals surface area contributed by atoms with Crippen molar-refractivity contribution in [3.8, 4) is 11.5 Å². The molecule has 0 saturated heterocycles. The summed E-state index contributed by atoms with van der Waals surface area (Å²) < 4.78 is 44.8. The summed E-state index contributed by atoms with van der Waals surface area (Å²) in [6.07, 6.45) is -3.06. The van der Waals surface area contributed by atoms with Crippen molar-refractivity contribution >= 4 is 17.5 Å². The van der Waals surface area contributed by atoms with Crippen molar-refractivity contribution in [1.29, 1.82) is 0 Å². The summed E-state index contributed by atoms with van der Waals surface area (Å²) in [4.78, 5) is 27.9. The Balaban J connectivity index is 1.62. The molecule has 0 aliphatic carbocycles. The van der Waals surface area contributed by atoms with E-state index in [1.165, 1.54) is 38.4 Å². The summed E-state index contributed by atoms with van der Waals surface area (Å²) in [7, 11) is 1.50. The molecule has 2 amide bonds. The van der Waals surface area contributed by atoms with Crippen molar-refractivity contribution in [2.24, 2.45) is 0 Å². The summed E-state index contributed by atoms with van der Waals surface area (Å²) in [5.41, 5.74) is 0.245. The Bertz CT molecular complexity index is 1130. The minimum absolute atomic E-state index is 0.0222. The van der Waals surface area contributed by atoms with E-state index >= 15 is 0 Å². The van der Waals surface area contributed by atoms with Crippen LogP contribution in [0.1, 0.15) is 27.2 Å². The highest BCUT2D eigenvalue weighted by Crippen LogP contribution is 2.33. The van der Waals surface area contributed by atoms with Gasteiger partial charge < -0.3 is 15.4 Å². The number of aromatic nitrogens is 1. The number of hydrogen-bond acceptors (Lipinski definition) is 4. The predicted molar refractivity (Wildman–Crippen MR) is 113 cm³/mol. The molecule has 32 heavy (non-hydrogen) atoms. The van der Waals surface area contributed by atoms with Gasteiger partial charge in [-0.3, -0.25) is 14.6 Å². The van der Waals surface area contributed by atoms with E-state index < -0.39 is 17.6 Å². The summed E-state index contributed by atoms with van der Waals surface area (Å²) in [6, 6.07) is 13.4. The van der Waals surface area contributed by atoms with Crippen LogP contribution >= 0.6 is 0 Å². The molecule has 1 heterocycles. The maximum absolute atomic E-state index is 13.0. The minimum atomic E-state index is -4.49. The zero-order valence-corrected chi connectivity index (χ0v) is 17.3. The van der Waals surface area contributed by atoms with E-state index in [9.17, 15) is 22.8 Å². The Kier molecular flexibility index (Phi) is 6.77. The topological polar surface area (TPSA) is 80.3 Å². The Morgan fingerprint density at radius 2 is 1.72 bits per heavy atom. The predicted octanol–water partition coefficient (Wildman–Crippen LogP) is 4.74. The molecule has 0 atom stereocenters. The zero-order chi connectivity index (χ0) is 23.3. The number of rotatable bonds is 6. The highest BCUT2D eigenvalue weighted by molar-refractivity contribution is 5.93. The number of ether oxygens (including phenoxy) is 1. The number of carbonyl (C=O) groups excluding carboxylic acids is 2. The fourth-order valence-corrected chi connectivity index (χ4v) is 2.93. The van der Waals surface area contributed by atoms with E-state index in [0.717, 1.165) is 6.07 Å². The van der Waals surface area contributed by atoms with Gasteiger partial charge in [0.1, 0.15) is 17.2 Å². The maximum Gasteiger partial charge on any atom is 0.416 e. The SMILES string of the molecule is CNC(=O)c1cc(Oc2ccc(CC(=O)Nc3ccc(C)c(C(F)(F)F)c3)cc2)ccn1. The molecule has 9 heteroatoms. The van der Waals surface area contributed by atoms with Gasteiger partial charge >= 0.3 is 6.18 Å². The average molecular weight is 443 g/mol. The molecule has 0 bridgehead atoms. The second-order valence-electron chi connectivity index (χ2n) is 6.95. The van der Waals surface area contributed by atoms with Crippen LogP contribution in [-0.4, -0.2) is 23.8 Å².